The molecule has 102 valence electrons. The molecule has 1 rings (SSSR count). The largest absolute Gasteiger partial charge is 0.395 e. The van der Waals surface area contributed by atoms with Crippen LogP contribution in [0.15, 0.2) is 0 Å². The van der Waals surface area contributed by atoms with Gasteiger partial charge in [0, 0.05) is 18.6 Å². The van der Waals surface area contributed by atoms with Gasteiger partial charge in [0.15, 0.2) is 0 Å². The number of aliphatic hydroxyl groups excluding tert-OH is 1. The standard InChI is InChI=1S/C14H30N2O/c1-5-6-12(15)13(10-17)16-8-7-11(9-16)14(2,3)4/h11-13,17H,5-10,15H2,1-4H3. The Morgan fingerprint density at radius 3 is 2.47 bits per heavy atom. The molecule has 3 nitrogen and oxygen atoms in total. The van der Waals surface area contributed by atoms with Crippen LogP contribution in [0.2, 0.25) is 0 Å². The number of aliphatic hydroxyl groups is 1. The van der Waals surface area contributed by atoms with Crippen molar-refractivity contribution in [3.63, 3.8) is 0 Å². The van der Waals surface area contributed by atoms with E-state index in [9.17, 15) is 5.11 Å². The summed E-state index contributed by atoms with van der Waals surface area (Å²) in [5, 5.41) is 9.55. The monoisotopic (exact) mass is 242 g/mol. The van der Waals surface area contributed by atoms with Crippen LogP contribution >= 0.6 is 0 Å². The van der Waals surface area contributed by atoms with Crippen LogP contribution in [0.1, 0.15) is 47.0 Å². The van der Waals surface area contributed by atoms with Crippen molar-refractivity contribution in [2.45, 2.75) is 59.0 Å². The summed E-state index contributed by atoms with van der Waals surface area (Å²) in [6, 6.07) is 0.269. The molecule has 0 aliphatic carbocycles. The molecular weight excluding hydrogens is 212 g/mol. The van der Waals surface area contributed by atoms with Gasteiger partial charge in [-0.1, -0.05) is 34.1 Å². The lowest BCUT2D eigenvalue weighted by Gasteiger charge is -2.33. The van der Waals surface area contributed by atoms with Crippen LogP contribution in [-0.4, -0.2) is 41.8 Å². The van der Waals surface area contributed by atoms with Crippen molar-refractivity contribution in [3.8, 4) is 0 Å². The van der Waals surface area contributed by atoms with Crippen molar-refractivity contribution in [1.29, 1.82) is 0 Å². The Kier molecular flexibility index (Phi) is 5.42. The van der Waals surface area contributed by atoms with E-state index < -0.39 is 0 Å². The summed E-state index contributed by atoms with van der Waals surface area (Å²) in [4.78, 5) is 2.40. The number of nitrogens with two attached hydrogens (primary N) is 1. The third kappa shape index (κ3) is 3.94. The summed E-state index contributed by atoms with van der Waals surface area (Å²) >= 11 is 0. The first kappa shape index (κ1) is 14.9. The average molecular weight is 242 g/mol. The fourth-order valence-corrected chi connectivity index (χ4v) is 2.84. The van der Waals surface area contributed by atoms with Gasteiger partial charge >= 0.3 is 0 Å². The van der Waals surface area contributed by atoms with Gasteiger partial charge < -0.3 is 10.8 Å². The van der Waals surface area contributed by atoms with E-state index in [1.165, 1.54) is 6.42 Å². The van der Waals surface area contributed by atoms with Crippen molar-refractivity contribution in [3.05, 3.63) is 0 Å². The lowest BCUT2D eigenvalue weighted by Crippen LogP contribution is -2.49. The molecule has 1 fully saturated rings. The van der Waals surface area contributed by atoms with E-state index in [0.717, 1.165) is 31.8 Å². The Balaban J connectivity index is 2.55. The van der Waals surface area contributed by atoms with Gasteiger partial charge in [-0.2, -0.15) is 0 Å². The van der Waals surface area contributed by atoms with Crippen LogP contribution in [0, 0.1) is 11.3 Å². The quantitative estimate of drug-likeness (QED) is 0.773. The smallest absolute Gasteiger partial charge is 0.0601 e. The normalized spacial score (nSPS) is 26.1. The Morgan fingerprint density at radius 1 is 1.41 bits per heavy atom. The van der Waals surface area contributed by atoms with Crippen LogP contribution in [0.4, 0.5) is 0 Å². The zero-order valence-electron chi connectivity index (χ0n) is 11.9. The molecule has 17 heavy (non-hydrogen) atoms. The summed E-state index contributed by atoms with van der Waals surface area (Å²) in [5.74, 6) is 0.727. The van der Waals surface area contributed by atoms with E-state index >= 15 is 0 Å². The minimum atomic E-state index is 0.115. The topological polar surface area (TPSA) is 49.5 Å². The van der Waals surface area contributed by atoms with E-state index in [2.05, 4.69) is 32.6 Å². The van der Waals surface area contributed by atoms with Gasteiger partial charge in [0.25, 0.3) is 0 Å². The Hall–Kier alpha value is -0.120. The average Bonchev–Trinajstić information content (AvgIpc) is 2.68. The zero-order chi connectivity index (χ0) is 13.1. The zero-order valence-corrected chi connectivity index (χ0v) is 11.9. The van der Waals surface area contributed by atoms with Gasteiger partial charge in [-0.05, 0) is 30.7 Å². The highest BCUT2D eigenvalue weighted by Crippen LogP contribution is 2.34. The molecule has 3 unspecified atom stereocenters. The minimum absolute atomic E-state index is 0.115. The molecule has 3 N–H and O–H groups in total. The molecule has 1 aliphatic heterocycles. The summed E-state index contributed by atoms with van der Waals surface area (Å²) in [7, 11) is 0. The molecule has 0 radical (unpaired) electrons. The predicted octanol–water partition coefficient (Wildman–Crippen LogP) is 1.84. The van der Waals surface area contributed by atoms with E-state index in [1.807, 2.05) is 0 Å². The third-order valence-corrected chi connectivity index (χ3v) is 4.22. The molecule has 0 aromatic carbocycles. The lowest BCUT2D eigenvalue weighted by molar-refractivity contribution is 0.110. The second-order valence-corrected chi connectivity index (χ2v) is 6.55. The maximum absolute atomic E-state index is 9.55. The molecule has 1 aliphatic rings. The van der Waals surface area contributed by atoms with E-state index in [4.69, 9.17) is 5.73 Å². The first-order valence-corrected chi connectivity index (χ1v) is 7.00. The number of hydrogen-bond donors (Lipinski definition) is 2. The summed E-state index contributed by atoms with van der Waals surface area (Å²) in [6.45, 7) is 11.4. The van der Waals surface area contributed by atoms with Crippen molar-refractivity contribution in [2.75, 3.05) is 19.7 Å². The highest BCUT2D eigenvalue weighted by Gasteiger charge is 2.35. The highest BCUT2D eigenvalue weighted by molar-refractivity contribution is 4.90. The minimum Gasteiger partial charge on any atom is -0.395 e. The Morgan fingerprint density at radius 2 is 2.06 bits per heavy atom. The lowest BCUT2D eigenvalue weighted by atomic mass is 9.80. The van der Waals surface area contributed by atoms with Crippen LogP contribution in [0.3, 0.4) is 0 Å². The third-order valence-electron chi connectivity index (χ3n) is 4.22. The molecule has 0 bridgehead atoms. The molecule has 0 spiro atoms. The fourth-order valence-electron chi connectivity index (χ4n) is 2.84. The van der Waals surface area contributed by atoms with Crippen molar-refractivity contribution >= 4 is 0 Å². The summed E-state index contributed by atoms with van der Waals surface area (Å²) in [6.07, 6.45) is 3.33. The maximum atomic E-state index is 9.55. The van der Waals surface area contributed by atoms with Gasteiger partial charge in [-0.3, -0.25) is 4.90 Å². The second-order valence-electron chi connectivity index (χ2n) is 6.55. The summed E-state index contributed by atoms with van der Waals surface area (Å²) in [5.41, 5.74) is 6.54. The van der Waals surface area contributed by atoms with E-state index in [0.29, 0.717) is 5.41 Å². The highest BCUT2D eigenvalue weighted by atomic mass is 16.3. The predicted molar refractivity (Wildman–Crippen MR) is 72.9 cm³/mol. The SMILES string of the molecule is CCCC(N)C(CO)N1CCC(C(C)(C)C)C1. The van der Waals surface area contributed by atoms with Crippen molar-refractivity contribution in [1.82, 2.24) is 4.90 Å². The molecule has 0 aromatic heterocycles. The summed E-state index contributed by atoms with van der Waals surface area (Å²) < 4.78 is 0. The molecule has 3 heteroatoms. The van der Waals surface area contributed by atoms with Crippen molar-refractivity contribution < 1.29 is 5.11 Å². The first-order valence-electron chi connectivity index (χ1n) is 7.00. The molecular formula is C14H30N2O. The number of nitrogens with zero attached hydrogens (tertiary/aromatic N) is 1. The van der Waals surface area contributed by atoms with E-state index in [-0.39, 0.29) is 18.7 Å². The fraction of sp³-hybridized carbons (Fsp3) is 1.00. The molecule has 3 atom stereocenters. The molecule has 0 amide bonds. The van der Waals surface area contributed by atoms with Crippen LogP contribution in [-0.2, 0) is 0 Å². The van der Waals surface area contributed by atoms with Gasteiger partial charge in [0.2, 0.25) is 0 Å². The number of hydrogen-bond acceptors (Lipinski definition) is 3. The second kappa shape index (κ2) is 6.17. The molecule has 1 heterocycles. The molecule has 1 saturated heterocycles. The Labute approximate surface area is 106 Å². The van der Waals surface area contributed by atoms with Gasteiger partial charge in [0.05, 0.1) is 6.61 Å². The van der Waals surface area contributed by atoms with E-state index in [1.54, 1.807) is 0 Å². The van der Waals surface area contributed by atoms with Gasteiger partial charge in [-0.15, -0.1) is 0 Å². The van der Waals surface area contributed by atoms with Crippen LogP contribution in [0.25, 0.3) is 0 Å². The first-order chi connectivity index (χ1) is 7.90. The maximum Gasteiger partial charge on any atom is 0.0601 e. The Bertz CT molecular complexity index is 225. The molecule has 0 aromatic rings. The van der Waals surface area contributed by atoms with Crippen molar-refractivity contribution in [2.24, 2.45) is 17.1 Å². The van der Waals surface area contributed by atoms with Gasteiger partial charge in [0.1, 0.15) is 0 Å². The number of rotatable bonds is 5. The van der Waals surface area contributed by atoms with Crippen LogP contribution in [0.5, 0.6) is 0 Å². The van der Waals surface area contributed by atoms with Crippen LogP contribution < -0.4 is 5.73 Å². The number of likely N-dealkylation sites (tertiary alicyclic amines) is 1. The molecule has 0 saturated carbocycles. The van der Waals surface area contributed by atoms with Gasteiger partial charge in [-0.25, -0.2) is 0 Å².